The Hall–Kier alpha value is -1.25. The normalized spacial score (nSPS) is 30.4. The predicted octanol–water partition coefficient (Wildman–Crippen LogP) is 1.43. The van der Waals surface area contributed by atoms with E-state index in [0.29, 0.717) is 11.8 Å². The maximum atomic E-state index is 11.2. The predicted molar refractivity (Wildman–Crippen MR) is 49.2 cm³/mol. The average molecular weight is 179 g/mol. The summed E-state index contributed by atoms with van der Waals surface area (Å²) in [6.07, 6.45) is 8.20. The van der Waals surface area contributed by atoms with Crippen LogP contribution < -0.4 is 0 Å². The third kappa shape index (κ3) is 1.46. The Balaban J connectivity index is 2.04. The van der Waals surface area contributed by atoms with Crippen LogP contribution in [0.15, 0.2) is 24.3 Å². The molecule has 3 nitrogen and oxygen atoms in total. The van der Waals surface area contributed by atoms with E-state index in [0.717, 1.165) is 13.1 Å². The average Bonchev–Trinajstić information content (AvgIpc) is 2.59. The Bertz CT molecular complexity index is 250. The second-order valence-corrected chi connectivity index (χ2v) is 3.47. The molecule has 13 heavy (non-hydrogen) atoms. The molecule has 0 bridgehead atoms. The molecule has 0 aromatic carbocycles. The minimum Gasteiger partial charge on any atom is -0.453 e. The molecule has 1 aliphatic carbocycles. The number of rotatable bonds is 0. The van der Waals surface area contributed by atoms with Gasteiger partial charge in [0.05, 0.1) is 7.11 Å². The third-order valence-electron chi connectivity index (χ3n) is 2.67. The zero-order valence-electron chi connectivity index (χ0n) is 7.64. The van der Waals surface area contributed by atoms with Gasteiger partial charge in [-0.25, -0.2) is 4.79 Å². The summed E-state index contributed by atoms with van der Waals surface area (Å²) < 4.78 is 4.68. The number of hydrogen-bond acceptors (Lipinski definition) is 2. The lowest BCUT2D eigenvalue weighted by molar-refractivity contribution is 0.131. The van der Waals surface area contributed by atoms with Crippen LogP contribution in [0.4, 0.5) is 4.79 Å². The van der Waals surface area contributed by atoms with Gasteiger partial charge in [-0.2, -0.15) is 0 Å². The van der Waals surface area contributed by atoms with Crippen molar-refractivity contribution in [2.45, 2.75) is 0 Å². The van der Waals surface area contributed by atoms with Gasteiger partial charge < -0.3 is 9.64 Å². The third-order valence-corrected chi connectivity index (χ3v) is 2.67. The zero-order chi connectivity index (χ0) is 9.26. The van der Waals surface area contributed by atoms with Gasteiger partial charge >= 0.3 is 6.09 Å². The monoisotopic (exact) mass is 179 g/mol. The van der Waals surface area contributed by atoms with E-state index in [1.54, 1.807) is 4.90 Å². The molecule has 0 spiro atoms. The molecule has 0 saturated carbocycles. The van der Waals surface area contributed by atoms with Gasteiger partial charge in [-0.05, 0) is 0 Å². The first-order chi connectivity index (χ1) is 6.31. The first-order valence-corrected chi connectivity index (χ1v) is 4.49. The first kappa shape index (κ1) is 8.35. The number of methoxy groups -OCH3 is 1. The van der Waals surface area contributed by atoms with E-state index in [1.165, 1.54) is 7.11 Å². The Labute approximate surface area is 77.7 Å². The molecule has 0 aromatic heterocycles. The number of nitrogens with zero attached hydrogens (tertiary/aromatic N) is 1. The van der Waals surface area contributed by atoms with Gasteiger partial charge in [0.2, 0.25) is 0 Å². The maximum Gasteiger partial charge on any atom is 0.409 e. The molecule has 2 aliphatic rings. The molecule has 70 valence electrons. The van der Waals surface area contributed by atoms with Crippen LogP contribution in [0.2, 0.25) is 0 Å². The molecule has 1 fully saturated rings. The van der Waals surface area contributed by atoms with Crippen LogP contribution >= 0.6 is 0 Å². The van der Waals surface area contributed by atoms with Gasteiger partial charge in [-0.3, -0.25) is 0 Å². The Morgan fingerprint density at radius 3 is 2.31 bits per heavy atom. The standard InChI is InChI=1S/C10H13NO2/c1-13-10(12)11-6-8-4-2-3-5-9(8)7-11/h2-5,8-9H,6-7H2,1H3. The lowest BCUT2D eigenvalue weighted by Gasteiger charge is -2.12. The minimum absolute atomic E-state index is 0.212. The van der Waals surface area contributed by atoms with Crippen molar-refractivity contribution in [2.75, 3.05) is 20.2 Å². The molecule has 2 atom stereocenters. The number of hydrogen-bond donors (Lipinski definition) is 0. The fourth-order valence-corrected chi connectivity index (χ4v) is 1.95. The van der Waals surface area contributed by atoms with E-state index in [-0.39, 0.29) is 6.09 Å². The zero-order valence-corrected chi connectivity index (χ0v) is 7.64. The molecule has 1 saturated heterocycles. The fraction of sp³-hybridized carbons (Fsp3) is 0.500. The van der Waals surface area contributed by atoms with Crippen LogP contribution in [0.3, 0.4) is 0 Å². The Morgan fingerprint density at radius 2 is 1.85 bits per heavy atom. The Morgan fingerprint density at radius 1 is 1.31 bits per heavy atom. The highest BCUT2D eigenvalue weighted by Crippen LogP contribution is 2.28. The molecule has 2 unspecified atom stereocenters. The van der Waals surface area contributed by atoms with Gasteiger partial charge in [0, 0.05) is 24.9 Å². The van der Waals surface area contributed by atoms with E-state index >= 15 is 0 Å². The van der Waals surface area contributed by atoms with Crippen LogP contribution in [-0.2, 0) is 4.74 Å². The van der Waals surface area contributed by atoms with Crippen LogP contribution in [-0.4, -0.2) is 31.2 Å². The molecular weight excluding hydrogens is 166 g/mol. The van der Waals surface area contributed by atoms with Crippen LogP contribution in [0, 0.1) is 11.8 Å². The molecule has 0 radical (unpaired) electrons. The van der Waals surface area contributed by atoms with E-state index in [2.05, 4.69) is 16.9 Å². The van der Waals surface area contributed by atoms with Gasteiger partial charge in [0.15, 0.2) is 0 Å². The van der Waals surface area contributed by atoms with Crippen molar-refractivity contribution >= 4 is 6.09 Å². The lowest BCUT2D eigenvalue weighted by Crippen LogP contribution is -2.28. The SMILES string of the molecule is COC(=O)N1CC2C=CC=CC2C1. The summed E-state index contributed by atoms with van der Waals surface area (Å²) in [4.78, 5) is 13.0. The number of fused-ring (bicyclic) bond motifs is 1. The highest BCUT2D eigenvalue weighted by Gasteiger charge is 2.33. The number of likely N-dealkylation sites (tertiary alicyclic amines) is 1. The molecular formula is C10H13NO2. The van der Waals surface area contributed by atoms with Gasteiger partial charge in [0.1, 0.15) is 0 Å². The Kier molecular flexibility index (Phi) is 2.08. The highest BCUT2D eigenvalue weighted by molar-refractivity contribution is 5.68. The van der Waals surface area contributed by atoms with Crippen molar-refractivity contribution in [1.29, 1.82) is 0 Å². The van der Waals surface area contributed by atoms with E-state index in [4.69, 9.17) is 0 Å². The summed E-state index contributed by atoms with van der Waals surface area (Å²) in [6.45, 7) is 1.58. The maximum absolute atomic E-state index is 11.2. The number of ether oxygens (including phenoxy) is 1. The van der Waals surface area contributed by atoms with Crippen molar-refractivity contribution in [2.24, 2.45) is 11.8 Å². The lowest BCUT2D eigenvalue weighted by atomic mass is 9.92. The van der Waals surface area contributed by atoms with Crippen LogP contribution in [0.5, 0.6) is 0 Å². The van der Waals surface area contributed by atoms with Crippen molar-refractivity contribution in [3.8, 4) is 0 Å². The summed E-state index contributed by atoms with van der Waals surface area (Å²) >= 11 is 0. The van der Waals surface area contributed by atoms with Gasteiger partial charge in [-0.15, -0.1) is 0 Å². The summed E-state index contributed by atoms with van der Waals surface area (Å²) in [5.41, 5.74) is 0. The highest BCUT2D eigenvalue weighted by atomic mass is 16.5. The minimum atomic E-state index is -0.212. The molecule has 2 rings (SSSR count). The number of carbonyl (C=O) groups is 1. The topological polar surface area (TPSA) is 29.5 Å². The molecule has 1 amide bonds. The first-order valence-electron chi connectivity index (χ1n) is 4.49. The molecule has 1 aliphatic heterocycles. The molecule has 0 N–H and O–H groups in total. The van der Waals surface area contributed by atoms with Crippen molar-refractivity contribution in [3.63, 3.8) is 0 Å². The molecule has 1 heterocycles. The van der Waals surface area contributed by atoms with Gasteiger partial charge in [-0.1, -0.05) is 24.3 Å². The number of amides is 1. The van der Waals surface area contributed by atoms with E-state index in [1.807, 2.05) is 12.2 Å². The largest absolute Gasteiger partial charge is 0.453 e. The molecule has 0 aromatic rings. The summed E-state index contributed by atoms with van der Waals surface area (Å²) in [5, 5.41) is 0. The number of carbonyl (C=O) groups excluding carboxylic acids is 1. The summed E-state index contributed by atoms with van der Waals surface area (Å²) in [5.74, 6) is 0.980. The van der Waals surface area contributed by atoms with E-state index in [9.17, 15) is 4.79 Å². The number of allylic oxidation sites excluding steroid dienone is 2. The fourth-order valence-electron chi connectivity index (χ4n) is 1.95. The van der Waals surface area contributed by atoms with Crippen molar-refractivity contribution in [1.82, 2.24) is 4.90 Å². The summed E-state index contributed by atoms with van der Waals surface area (Å²) in [7, 11) is 1.43. The van der Waals surface area contributed by atoms with Gasteiger partial charge in [0.25, 0.3) is 0 Å². The quantitative estimate of drug-likeness (QED) is 0.563. The second-order valence-electron chi connectivity index (χ2n) is 3.47. The van der Waals surface area contributed by atoms with Crippen LogP contribution in [0.1, 0.15) is 0 Å². The summed E-state index contributed by atoms with van der Waals surface area (Å²) in [6, 6.07) is 0. The van der Waals surface area contributed by atoms with Crippen molar-refractivity contribution < 1.29 is 9.53 Å². The smallest absolute Gasteiger partial charge is 0.409 e. The van der Waals surface area contributed by atoms with E-state index < -0.39 is 0 Å². The van der Waals surface area contributed by atoms with Crippen LogP contribution in [0.25, 0.3) is 0 Å². The second kappa shape index (κ2) is 3.24. The molecule has 3 heteroatoms. The van der Waals surface area contributed by atoms with Crippen molar-refractivity contribution in [3.05, 3.63) is 24.3 Å².